The predicted octanol–water partition coefficient (Wildman–Crippen LogP) is 3.05. The summed E-state index contributed by atoms with van der Waals surface area (Å²) in [4.78, 5) is 0. The standard InChI is InChI=1S/C13H21NO/c1-8-6-10(15)7-9(2)11(8)12(14)13(3,4)5/h6-7,12,15H,14H2,1-5H3. The molecule has 2 heteroatoms. The van der Waals surface area contributed by atoms with Crippen LogP contribution in [-0.4, -0.2) is 5.11 Å². The van der Waals surface area contributed by atoms with Crippen molar-refractivity contribution in [2.24, 2.45) is 11.1 Å². The third-order valence-corrected chi connectivity index (χ3v) is 2.82. The van der Waals surface area contributed by atoms with E-state index in [2.05, 4.69) is 20.8 Å². The van der Waals surface area contributed by atoms with E-state index in [1.807, 2.05) is 13.8 Å². The van der Waals surface area contributed by atoms with Gasteiger partial charge in [0.25, 0.3) is 0 Å². The van der Waals surface area contributed by atoms with Crippen LogP contribution in [0.5, 0.6) is 5.75 Å². The summed E-state index contributed by atoms with van der Waals surface area (Å²) in [5, 5.41) is 9.46. The zero-order valence-electron chi connectivity index (χ0n) is 10.3. The Morgan fingerprint density at radius 3 is 1.87 bits per heavy atom. The second kappa shape index (κ2) is 3.86. The van der Waals surface area contributed by atoms with Crippen LogP contribution >= 0.6 is 0 Å². The fourth-order valence-electron chi connectivity index (χ4n) is 1.88. The highest BCUT2D eigenvalue weighted by atomic mass is 16.3. The summed E-state index contributed by atoms with van der Waals surface area (Å²) in [7, 11) is 0. The van der Waals surface area contributed by atoms with E-state index in [1.54, 1.807) is 12.1 Å². The number of phenolic OH excluding ortho intramolecular Hbond substituents is 1. The van der Waals surface area contributed by atoms with Gasteiger partial charge in [-0.15, -0.1) is 0 Å². The molecule has 0 aromatic heterocycles. The third-order valence-electron chi connectivity index (χ3n) is 2.82. The molecule has 2 nitrogen and oxygen atoms in total. The van der Waals surface area contributed by atoms with Crippen LogP contribution in [0.2, 0.25) is 0 Å². The van der Waals surface area contributed by atoms with Crippen LogP contribution in [-0.2, 0) is 0 Å². The van der Waals surface area contributed by atoms with Crippen LogP contribution in [0.25, 0.3) is 0 Å². The molecule has 0 amide bonds. The minimum absolute atomic E-state index is 0.00176. The van der Waals surface area contributed by atoms with Crippen LogP contribution in [0.1, 0.15) is 43.5 Å². The van der Waals surface area contributed by atoms with Gasteiger partial charge in [0.1, 0.15) is 5.75 Å². The highest BCUT2D eigenvalue weighted by Crippen LogP contribution is 2.35. The van der Waals surface area contributed by atoms with Crippen LogP contribution in [0, 0.1) is 19.3 Å². The number of hydrogen-bond donors (Lipinski definition) is 2. The maximum atomic E-state index is 9.46. The summed E-state index contributed by atoms with van der Waals surface area (Å²) in [5.74, 6) is 0.315. The lowest BCUT2D eigenvalue weighted by Gasteiger charge is -2.30. The molecule has 0 aliphatic heterocycles. The van der Waals surface area contributed by atoms with Gasteiger partial charge in [0.05, 0.1) is 0 Å². The summed E-state index contributed by atoms with van der Waals surface area (Å²) in [5.41, 5.74) is 9.56. The normalized spacial score (nSPS) is 14.0. The molecule has 0 radical (unpaired) electrons. The third kappa shape index (κ3) is 2.51. The van der Waals surface area contributed by atoms with E-state index >= 15 is 0 Å². The highest BCUT2D eigenvalue weighted by Gasteiger charge is 2.25. The number of phenols is 1. The van der Waals surface area contributed by atoms with E-state index in [0.29, 0.717) is 5.75 Å². The van der Waals surface area contributed by atoms with E-state index < -0.39 is 0 Å². The Balaban J connectivity index is 3.26. The van der Waals surface area contributed by atoms with Gasteiger partial charge in [-0.2, -0.15) is 0 Å². The molecule has 0 heterocycles. The Kier molecular flexibility index (Phi) is 3.10. The van der Waals surface area contributed by atoms with E-state index in [1.165, 1.54) is 0 Å². The predicted molar refractivity (Wildman–Crippen MR) is 64.0 cm³/mol. The Labute approximate surface area is 92.1 Å². The molecule has 1 aromatic rings. The topological polar surface area (TPSA) is 46.2 Å². The van der Waals surface area contributed by atoms with Crippen molar-refractivity contribution in [2.45, 2.75) is 40.7 Å². The summed E-state index contributed by atoms with van der Waals surface area (Å²) >= 11 is 0. The van der Waals surface area contributed by atoms with E-state index in [0.717, 1.165) is 16.7 Å². The van der Waals surface area contributed by atoms with Crippen molar-refractivity contribution in [3.8, 4) is 5.75 Å². The van der Waals surface area contributed by atoms with Crippen molar-refractivity contribution in [2.75, 3.05) is 0 Å². The number of aryl methyl sites for hydroxylation is 2. The highest BCUT2D eigenvalue weighted by molar-refractivity contribution is 5.42. The van der Waals surface area contributed by atoms with Crippen LogP contribution in [0.4, 0.5) is 0 Å². The minimum Gasteiger partial charge on any atom is -0.508 e. The molecule has 1 rings (SSSR count). The molecule has 0 aliphatic rings. The maximum Gasteiger partial charge on any atom is 0.116 e. The second-order valence-electron chi connectivity index (χ2n) is 5.34. The number of nitrogens with two attached hydrogens (primary N) is 1. The number of aromatic hydroxyl groups is 1. The molecule has 0 bridgehead atoms. The Morgan fingerprint density at radius 1 is 1.13 bits per heavy atom. The van der Waals surface area contributed by atoms with Crippen molar-refractivity contribution in [1.82, 2.24) is 0 Å². The summed E-state index contributed by atoms with van der Waals surface area (Å²) in [6, 6.07) is 3.54. The van der Waals surface area contributed by atoms with Crippen molar-refractivity contribution in [1.29, 1.82) is 0 Å². The summed E-state index contributed by atoms with van der Waals surface area (Å²) in [6.07, 6.45) is 0. The first-order valence-electron chi connectivity index (χ1n) is 5.29. The van der Waals surface area contributed by atoms with Gasteiger partial charge in [-0.3, -0.25) is 0 Å². The molecule has 3 N–H and O–H groups in total. The van der Waals surface area contributed by atoms with Gasteiger partial charge in [0.2, 0.25) is 0 Å². The van der Waals surface area contributed by atoms with Gasteiger partial charge >= 0.3 is 0 Å². The van der Waals surface area contributed by atoms with Crippen molar-refractivity contribution < 1.29 is 5.11 Å². The van der Waals surface area contributed by atoms with Crippen LogP contribution in [0.15, 0.2) is 12.1 Å². The molecule has 0 fully saturated rings. The fraction of sp³-hybridized carbons (Fsp3) is 0.538. The number of hydrogen-bond acceptors (Lipinski definition) is 2. The van der Waals surface area contributed by atoms with E-state index in [-0.39, 0.29) is 11.5 Å². The molecule has 0 saturated heterocycles. The average Bonchev–Trinajstić information content (AvgIpc) is 1.99. The molecule has 0 saturated carbocycles. The van der Waals surface area contributed by atoms with Crippen LogP contribution < -0.4 is 5.73 Å². The van der Waals surface area contributed by atoms with Crippen LogP contribution in [0.3, 0.4) is 0 Å². The lowest BCUT2D eigenvalue weighted by Crippen LogP contribution is -2.27. The lowest BCUT2D eigenvalue weighted by atomic mass is 9.80. The lowest BCUT2D eigenvalue weighted by molar-refractivity contribution is 0.324. The molecule has 84 valence electrons. The van der Waals surface area contributed by atoms with E-state index in [4.69, 9.17) is 5.73 Å². The smallest absolute Gasteiger partial charge is 0.116 e. The molecule has 0 aliphatic carbocycles. The Hall–Kier alpha value is -1.02. The van der Waals surface area contributed by atoms with Gasteiger partial charge in [-0.1, -0.05) is 20.8 Å². The average molecular weight is 207 g/mol. The van der Waals surface area contributed by atoms with Crippen molar-refractivity contribution in [3.05, 3.63) is 28.8 Å². The maximum absolute atomic E-state index is 9.46. The molecular weight excluding hydrogens is 186 g/mol. The van der Waals surface area contributed by atoms with Gasteiger partial charge < -0.3 is 10.8 Å². The first-order valence-corrected chi connectivity index (χ1v) is 5.29. The van der Waals surface area contributed by atoms with Gasteiger partial charge in [0, 0.05) is 6.04 Å². The van der Waals surface area contributed by atoms with Crippen molar-refractivity contribution in [3.63, 3.8) is 0 Å². The molecule has 1 aromatic carbocycles. The molecule has 0 spiro atoms. The molecule has 15 heavy (non-hydrogen) atoms. The molecular formula is C13H21NO. The largest absolute Gasteiger partial charge is 0.508 e. The van der Waals surface area contributed by atoms with Gasteiger partial charge in [-0.25, -0.2) is 0 Å². The van der Waals surface area contributed by atoms with Gasteiger partial charge in [-0.05, 0) is 48.1 Å². The molecule has 1 unspecified atom stereocenters. The van der Waals surface area contributed by atoms with Gasteiger partial charge in [0.15, 0.2) is 0 Å². The first kappa shape index (κ1) is 12.1. The summed E-state index contributed by atoms with van der Waals surface area (Å²) in [6.45, 7) is 10.4. The van der Waals surface area contributed by atoms with E-state index in [9.17, 15) is 5.11 Å². The summed E-state index contributed by atoms with van der Waals surface area (Å²) < 4.78 is 0. The second-order valence-corrected chi connectivity index (χ2v) is 5.34. The SMILES string of the molecule is Cc1cc(O)cc(C)c1C(N)C(C)(C)C. The fourth-order valence-corrected chi connectivity index (χ4v) is 1.88. The zero-order valence-corrected chi connectivity index (χ0v) is 10.3. The number of benzene rings is 1. The monoisotopic (exact) mass is 207 g/mol. The Morgan fingerprint density at radius 2 is 1.53 bits per heavy atom. The first-order chi connectivity index (χ1) is 6.73. The van der Waals surface area contributed by atoms with Crippen molar-refractivity contribution >= 4 is 0 Å². The number of rotatable bonds is 1. The quantitative estimate of drug-likeness (QED) is 0.743. The minimum atomic E-state index is -0.00176. The Bertz CT molecular complexity index is 340. The zero-order chi connectivity index (χ0) is 11.8. The molecule has 1 atom stereocenters.